The quantitative estimate of drug-likeness (QED) is 0.550. The number of carbonyl (C=O) groups excluding carboxylic acids is 1. The molecule has 0 bridgehead atoms. The van der Waals surface area contributed by atoms with Crippen molar-refractivity contribution in [1.29, 1.82) is 0 Å². The molecule has 0 atom stereocenters. The molecule has 106 valence electrons. The lowest BCUT2D eigenvalue weighted by molar-refractivity contribution is 0.0988. The Hall–Kier alpha value is -1.19. The van der Waals surface area contributed by atoms with Crippen LogP contribution in [0.15, 0.2) is 24.3 Å². The van der Waals surface area contributed by atoms with E-state index in [4.69, 9.17) is 4.74 Å². The Bertz CT molecular complexity index is 371. The van der Waals surface area contributed by atoms with Crippen molar-refractivity contribution in [3.05, 3.63) is 35.4 Å². The monoisotopic (exact) mass is 263 g/mol. The van der Waals surface area contributed by atoms with Gasteiger partial charge in [-0.3, -0.25) is 4.79 Å². The van der Waals surface area contributed by atoms with Gasteiger partial charge in [-0.15, -0.1) is 0 Å². The van der Waals surface area contributed by atoms with Crippen LogP contribution < -0.4 is 5.32 Å². The van der Waals surface area contributed by atoms with Gasteiger partial charge in [0.05, 0.1) is 6.54 Å². The number of rotatable bonds is 9. The van der Waals surface area contributed by atoms with Gasteiger partial charge in [-0.1, -0.05) is 38.1 Å². The minimum atomic E-state index is 0.145. The Morgan fingerprint density at radius 2 is 1.95 bits per heavy atom. The number of ether oxygens (including phenoxy) is 1. The number of hydrogen-bond donors (Lipinski definition) is 1. The molecule has 0 aromatic heterocycles. The Morgan fingerprint density at radius 3 is 2.53 bits per heavy atom. The van der Waals surface area contributed by atoms with E-state index in [1.54, 1.807) is 0 Å². The molecule has 0 aliphatic heterocycles. The van der Waals surface area contributed by atoms with Gasteiger partial charge in [-0.25, -0.2) is 0 Å². The maximum atomic E-state index is 11.9. The van der Waals surface area contributed by atoms with Crippen LogP contribution in [0.25, 0.3) is 0 Å². The average Bonchev–Trinajstić information content (AvgIpc) is 2.42. The number of benzene rings is 1. The largest absolute Gasteiger partial charge is 0.382 e. The standard InChI is InChI=1S/C16H25NO2/c1-4-19-11-5-10-17-12-16(18)15-8-6-14(7-9-15)13(2)3/h6-9,13,17H,4-5,10-12H2,1-3H3. The predicted molar refractivity (Wildman–Crippen MR) is 78.8 cm³/mol. The SMILES string of the molecule is CCOCCCNCC(=O)c1ccc(C(C)C)cc1. The molecular formula is C16H25NO2. The Balaban J connectivity index is 2.29. The van der Waals surface area contributed by atoms with Crippen LogP contribution in [0, 0.1) is 0 Å². The van der Waals surface area contributed by atoms with Gasteiger partial charge in [0, 0.05) is 18.8 Å². The summed E-state index contributed by atoms with van der Waals surface area (Å²) in [4.78, 5) is 11.9. The molecule has 3 nitrogen and oxygen atoms in total. The second-order valence-electron chi connectivity index (χ2n) is 4.93. The van der Waals surface area contributed by atoms with Gasteiger partial charge in [0.25, 0.3) is 0 Å². The van der Waals surface area contributed by atoms with Crippen LogP contribution in [0.4, 0.5) is 0 Å². The highest BCUT2D eigenvalue weighted by atomic mass is 16.5. The zero-order chi connectivity index (χ0) is 14.1. The van der Waals surface area contributed by atoms with E-state index in [1.807, 2.05) is 31.2 Å². The van der Waals surface area contributed by atoms with Gasteiger partial charge < -0.3 is 10.1 Å². The predicted octanol–water partition coefficient (Wildman–Crippen LogP) is 3.01. The summed E-state index contributed by atoms with van der Waals surface area (Å²) in [5, 5.41) is 3.15. The number of carbonyl (C=O) groups is 1. The summed E-state index contributed by atoms with van der Waals surface area (Å²) in [6, 6.07) is 7.90. The molecule has 0 radical (unpaired) electrons. The topological polar surface area (TPSA) is 38.3 Å². The third-order valence-corrected chi connectivity index (χ3v) is 3.03. The lowest BCUT2D eigenvalue weighted by Gasteiger charge is -2.07. The lowest BCUT2D eigenvalue weighted by Crippen LogP contribution is -2.24. The van der Waals surface area contributed by atoms with Crippen molar-refractivity contribution < 1.29 is 9.53 Å². The molecular weight excluding hydrogens is 238 g/mol. The molecule has 1 aromatic carbocycles. The summed E-state index contributed by atoms with van der Waals surface area (Å²) in [7, 11) is 0. The zero-order valence-electron chi connectivity index (χ0n) is 12.2. The molecule has 0 heterocycles. The van der Waals surface area contributed by atoms with Crippen molar-refractivity contribution in [3.8, 4) is 0 Å². The summed E-state index contributed by atoms with van der Waals surface area (Å²) in [6.45, 7) is 9.00. The number of ketones is 1. The number of Topliss-reactive ketones (excluding diaryl/α,β-unsaturated/α-hetero) is 1. The van der Waals surface area contributed by atoms with Crippen LogP contribution in [0.1, 0.15) is 49.0 Å². The minimum absolute atomic E-state index is 0.145. The molecule has 1 rings (SSSR count). The number of nitrogens with one attached hydrogen (secondary N) is 1. The van der Waals surface area contributed by atoms with Crippen molar-refractivity contribution in [2.75, 3.05) is 26.3 Å². The van der Waals surface area contributed by atoms with E-state index in [-0.39, 0.29) is 5.78 Å². The molecule has 0 aliphatic rings. The molecule has 3 heteroatoms. The second-order valence-corrected chi connectivity index (χ2v) is 4.93. The van der Waals surface area contributed by atoms with Crippen LogP contribution in [0.3, 0.4) is 0 Å². The zero-order valence-corrected chi connectivity index (χ0v) is 12.2. The summed E-state index contributed by atoms with van der Waals surface area (Å²) < 4.78 is 5.24. The number of hydrogen-bond acceptors (Lipinski definition) is 3. The first kappa shape index (κ1) is 15.9. The molecule has 1 aromatic rings. The summed E-state index contributed by atoms with van der Waals surface area (Å²) >= 11 is 0. The lowest BCUT2D eigenvalue weighted by atomic mass is 10.0. The summed E-state index contributed by atoms with van der Waals surface area (Å²) in [5.74, 6) is 0.646. The highest BCUT2D eigenvalue weighted by molar-refractivity contribution is 5.97. The maximum absolute atomic E-state index is 11.9. The van der Waals surface area contributed by atoms with E-state index in [0.29, 0.717) is 12.5 Å². The van der Waals surface area contributed by atoms with Gasteiger partial charge in [0.2, 0.25) is 0 Å². The van der Waals surface area contributed by atoms with E-state index in [1.165, 1.54) is 5.56 Å². The van der Waals surface area contributed by atoms with Crippen molar-refractivity contribution in [2.45, 2.75) is 33.1 Å². The van der Waals surface area contributed by atoms with Crippen LogP contribution in [-0.2, 0) is 4.74 Å². The molecule has 0 spiro atoms. The third-order valence-electron chi connectivity index (χ3n) is 3.03. The molecule has 0 saturated heterocycles. The fourth-order valence-electron chi connectivity index (χ4n) is 1.80. The average molecular weight is 263 g/mol. The Labute approximate surface area is 116 Å². The van der Waals surface area contributed by atoms with Crippen LogP contribution in [0.5, 0.6) is 0 Å². The first-order valence-electron chi connectivity index (χ1n) is 7.06. The first-order valence-corrected chi connectivity index (χ1v) is 7.06. The van der Waals surface area contributed by atoms with E-state index >= 15 is 0 Å². The first-order chi connectivity index (χ1) is 9.15. The summed E-state index contributed by atoms with van der Waals surface area (Å²) in [5.41, 5.74) is 2.04. The fourth-order valence-corrected chi connectivity index (χ4v) is 1.80. The van der Waals surface area contributed by atoms with Crippen LogP contribution in [0.2, 0.25) is 0 Å². The van der Waals surface area contributed by atoms with E-state index in [2.05, 4.69) is 19.2 Å². The molecule has 1 N–H and O–H groups in total. The second kappa shape index (κ2) is 8.83. The molecule has 19 heavy (non-hydrogen) atoms. The maximum Gasteiger partial charge on any atom is 0.176 e. The minimum Gasteiger partial charge on any atom is -0.382 e. The van der Waals surface area contributed by atoms with Crippen molar-refractivity contribution in [2.24, 2.45) is 0 Å². The Morgan fingerprint density at radius 1 is 1.26 bits per heavy atom. The van der Waals surface area contributed by atoms with Gasteiger partial charge >= 0.3 is 0 Å². The summed E-state index contributed by atoms with van der Waals surface area (Å²) in [6.07, 6.45) is 0.938. The molecule has 0 fully saturated rings. The van der Waals surface area contributed by atoms with Gasteiger partial charge in [-0.05, 0) is 31.4 Å². The fraction of sp³-hybridized carbons (Fsp3) is 0.562. The van der Waals surface area contributed by atoms with E-state index in [9.17, 15) is 4.79 Å². The highest BCUT2D eigenvalue weighted by Crippen LogP contribution is 2.14. The van der Waals surface area contributed by atoms with Crippen molar-refractivity contribution in [1.82, 2.24) is 5.32 Å². The van der Waals surface area contributed by atoms with Gasteiger partial charge in [0.15, 0.2) is 5.78 Å². The van der Waals surface area contributed by atoms with Crippen molar-refractivity contribution in [3.63, 3.8) is 0 Å². The van der Waals surface area contributed by atoms with Crippen LogP contribution >= 0.6 is 0 Å². The van der Waals surface area contributed by atoms with E-state index in [0.717, 1.165) is 31.7 Å². The Kier molecular flexibility index (Phi) is 7.38. The van der Waals surface area contributed by atoms with Crippen molar-refractivity contribution >= 4 is 5.78 Å². The molecule has 0 aliphatic carbocycles. The van der Waals surface area contributed by atoms with E-state index < -0.39 is 0 Å². The molecule has 0 saturated carbocycles. The van der Waals surface area contributed by atoms with Gasteiger partial charge in [0.1, 0.15) is 0 Å². The molecule has 0 unspecified atom stereocenters. The van der Waals surface area contributed by atoms with Gasteiger partial charge in [-0.2, -0.15) is 0 Å². The smallest absolute Gasteiger partial charge is 0.176 e. The normalized spacial score (nSPS) is 10.9. The third kappa shape index (κ3) is 5.99. The highest BCUT2D eigenvalue weighted by Gasteiger charge is 2.06. The molecule has 0 amide bonds. The van der Waals surface area contributed by atoms with Crippen LogP contribution in [-0.4, -0.2) is 32.1 Å².